The molecule has 1 saturated heterocycles. The van der Waals surface area contributed by atoms with Crippen LogP contribution in [0.5, 0.6) is 0 Å². The zero-order valence-corrected chi connectivity index (χ0v) is 23.9. The minimum atomic E-state index is -2.60. The third kappa shape index (κ3) is 4.97. The summed E-state index contributed by atoms with van der Waals surface area (Å²) >= 11 is 0. The molecule has 7 nitrogen and oxygen atoms in total. The Hall–Kier alpha value is -2.52. The number of likely N-dealkylation sites (N-methyl/N-ethyl adjacent to an activating group) is 1. The first-order valence-corrected chi connectivity index (χ1v) is 14.6. The zero-order chi connectivity index (χ0) is 27.9. The monoisotopic (exact) mass is 543 g/mol. The van der Waals surface area contributed by atoms with Gasteiger partial charge >= 0.3 is 0 Å². The summed E-state index contributed by atoms with van der Waals surface area (Å²) in [4.78, 5) is 19.4. The predicted octanol–water partition coefficient (Wildman–Crippen LogP) is 2.01. The highest BCUT2D eigenvalue weighted by Crippen LogP contribution is 2.45. The number of amides is 1. The molecule has 9 heteroatoms. The minimum absolute atomic E-state index is 0.0530. The van der Waals surface area contributed by atoms with E-state index in [4.69, 9.17) is 5.41 Å². The fourth-order valence-corrected chi connectivity index (χ4v) is 7.63. The average Bonchev–Trinajstić information content (AvgIpc) is 3.23. The van der Waals surface area contributed by atoms with Crippen molar-refractivity contribution in [2.45, 2.75) is 82.8 Å². The van der Waals surface area contributed by atoms with Gasteiger partial charge in [-0.2, -0.15) is 0 Å². The van der Waals surface area contributed by atoms with Crippen molar-refractivity contribution in [1.82, 2.24) is 20.4 Å². The van der Waals surface area contributed by atoms with Crippen LogP contribution in [0.25, 0.3) is 0 Å². The lowest BCUT2D eigenvalue weighted by Crippen LogP contribution is -2.52. The number of nitrogens with one attached hydrogen (secondary N) is 2. The van der Waals surface area contributed by atoms with Crippen LogP contribution >= 0.6 is 0 Å². The fourth-order valence-electron chi connectivity index (χ4n) is 7.63. The number of hydrogen-bond donors (Lipinski definition) is 3. The van der Waals surface area contributed by atoms with Crippen LogP contribution in [0, 0.1) is 0 Å². The summed E-state index contributed by atoms with van der Waals surface area (Å²) in [5, 5.41) is 12.7. The Morgan fingerprint density at radius 2 is 2.00 bits per heavy atom. The number of hydrogen-bond acceptors (Lipinski definition) is 5. The van der Waals surface area contributed by atoms with E-state index in [1.807, 2.05) is 24.9 Å². The maximum absolute atomic E-state index is 14.6. The number of benzene rings is 1. The molecule has 0 aromatic heterocycles. The first kappa shape index (κ1) is 28.0. The molecular weight excluding hydrogens is 498 g/mol. The van der Waals surface area contributed by atoms with Gasteiger partial charge in [0.2, 0.25) is 5.91 Å². The number of halogens is 2. The number of piperidine rings is 1. The van der Waals surface area contributed by atoms with E-state index < -0.39 is 11.8 Å². The van der Waals surface area contributed by atoms with E-state index in [9.17, 15) is 13.6 Å². The van der Waals surface area contributed by atoms with Gasteiger partial charge in [-0.05, 0) is 82.4 Å². The van der Waals surface area contributed by atoms with Crippen molar-refractivity contribution in [3.05, 3.63) is 40.1 Å². The first-order chi connectivity index (χ1) is 18.7. The summed E-state index contributed by atoms with van der Waals surface area (Å²) in [6, 6.07) is 4.46. The van der Waals surface area contributed by atoms with Crippen LogP contribution < -0.4 is 20.9 Å². The number of nitrogens with zero attached hydrogens (tertiary/aromatic N) is 3. The Bertz CT molecular complexity index is 1130. The Kier molecular flexibility index (Phi) is 8.02. The zero-order valence-electron chi connectivity index (χ0n) is 23.9. The van der Waals surface area contributed by atoms with Crippen molar-refractivity contribution < 1.29 is 19.0 Å². The van der Waals surface area contributed by atoms with Crippen molar-refractivity contribution in [2.75, 3.05) is 51.2 Å². The van der Waals surface area contributed by atoms with Crippen molar-refractivity contribution in [3.8, 4) is 0 Å². The van der Waals surface area contributed by atoms with Gasteiger partial charge < -0.3 is 25.3 Å². The summed E-state index contributed by atoms with van der Waals surface area (Å²) < 4.78 is 29.3. The quantitative estimate of drug-likeness (QED) is 0.459. The number of rotatable bonds is 7. The maximum Gasteiger partial charge on any atom is 0.264 e. The van der Waals surface area contributed by atoms with Gasteiger partial charge in [-0.1, -0.05) is 6.07 Å². The largest absolute Gasteiger partial charge is 0.366 e. The summed E-state index contributed by atoms with van der Waals surface area (Å²) in [6.45, 7) is 10.5. The molecule has 4 heterocycles. The second-order valence-corrected chi connectivity index (χ2v) is 12.0. The Morgan fingerprint density at radius 1 is 1.26 bits per heavy atom. The lowest BCUT2D eigenvalue weighted by atomic mass is 9.78. The van der Waals surface area contributed by atoms with Crippen molar-refractivity contribution in [1.29, 1.82) is 0 Å². The van der Waals surface area contributed by atoms with Gasteiger partial charge in [0.15, 0.2) is 0 Å². The Morgan fingerprint density at radius 3 is 2.64 bits per heavy atom. The summed E-state index contributed by atoms with van der Waals surface area (Å²) in [7, 11) is 1.82. The fraction of sp³-hybridized carbons (Fsp3) is 0.667. The molecule has 0 radical (unpaired) electrons. The third-order valence-corrected chi connectivity index (χ3v) is 9.57. The minimum Gasteiger partial charge on any atom is -0.366 e. The average molecular weight is 544 g/mol. The van der Waals surface area contributed by atoms with Gasteiger partial charge in [0.25, 0.3) is 6.43 Å². The lowest BCUT2D eigenvalue weighted by Gasteiger charge is -2.44. The number of carbonyl (C=O) groups excluding carboxylic acids is 1. The molecule has 0 saturated carbocycles. The van der Waals surface area contributed by atoms with Crippen molar-refractivity contribution in [3.63, 3.8) is 0 Å². The number of nitrogens with two attached hydrogens (primary N) is 1. The molecule has 214 valence electrons. The predicted molar refractivity (Wildman–Crippen MR) is 151 cm³/mol. The van der Waals surface area contributed by atoms with Gasteiger partial charge in [0.05, 0.1) is 17.5 Å². The maximum atomic E-state index is 14.6. The SMILES string of the molecule is CNCC(C)(C=[NH2+])c1cc2c(cc1C(F)F)N(C1C3=C(CCN(C(C)=O)C3)N(C3CCNCC3)C1C)CCC2. The van der Waals surface area contributed by atoms with Gasteiger partial charge in [0.1, 0.15) is 6.21 Å². The summed E-state index contributed by atoms with van der Waals surface area (Å²) in [6.07, 6.45) is 3.81. The van der Waals surface area contributed by atoms with E-state index in [0.717, 1.165) is 69.5 Å². The van der Waals surface area contributed by atoms with Crippen molar-refractivity contribution in [2.24, 2.45) is 0 Å². The van der Waals surface area contributed by atoms with Crippen LogP contribution in [-0.2, 0) is 16.6 Å². The molecule has 4 N–H and O–H groups in total. The molecule has 0 spiro atoms. The molecule has 1 fully saturated rings. The van der Waals surface area contributed by atoms with Crippen LogP contribution in [0.3, 0.4) is 0 Å². The van der Waals surface area contributed by atoms with E-state index in [-0.39, 0.29) is 23.6 Å². The van der Waals surface area contributed by atoms with E-state index in [1.165, 1.54) is 11.3 Å². The molecule has 4 aliphatic rings. The van der Waals surface area contributed by atoms with Crippen LogP contribution in [0.15, 0.2) is 23.4 Å². The second-order valence-electron chi connectivity index (χ2n) is 12.0. The molecule has 4 aliphatic heterocycles. The Labute approximate surface area is 231 Å². The van der Waals surface area contributed by atoms with Gasteiger partial charge in [-0.15, -0.1) is 0 Å². The molecule has 1 amide bonds. The molecule has 3 unspecified atom stereocenters. The third-order valence-electron chi connectivity index (χ3n) is 9.57. The topological polar surface area (TPSA) is 76.4 Å². The molecule has 1 aromatic carbocycles. The number of anilines is 1. The Balaban J connectivity index is 1.59. The number of aryl methyl sites for hydroxylation is 1. The highest BCUT2D eigenvalue weighted by atomic mass is 19.3. The van der Waals surface area contributed by atoms with Crippen LogP contribution in [-0.4, -0.2) is 86.4 Å². The normalized spacial score (nSPS) is 25.6. The highest BCUT2D eigenvalue weighted by Gasteiger charge is 2.47. The summed E-state index contributed by atoms with van der Waals surface area (Å²) in [5.74, 6) is 0.0961. The number of carbonyl (C=O) groups is 1. The van der Waals surface area contributed by atoms with Crippen molar-refractivity contribution >= 4 is 17.8 Å². The molecular formula is C30H45F2N6O+. The van der Waals surface area contributed by atoms with Crippen LogP contribution in [0.1, 0.15) is 69.6 Å². The summed E-state index contributed by atoms with van der Waals surface area (Å²) in [5.41, 5.74) is 4.67. The number of alkyl halides is 2. The van der Waals surface area contributed by atoms with E-state index in [1.54, 1.807) is 19.2 Å². The molecule has 5 rings (SSSR count). The number of fused-ring (bicyclic) bond motifs is 1. The molecule has 0 aliphatic carbocycles. The second kappa shape index (κ2) is 11.2. The van der Waals surface area contributed by atoms with Crippen LogP contribution in [0.2, 0.25) is 0 Å². The molecule has 1 aromatic rings. The van der Waals surface area contributed by atoms with E-state index in [0.29, 0.717) is 24.7 Å². The lowest BCUT2D eigenvalue weighted by molar-refractivity contribution is -0.128. The van der Waals surface area contributed by atoms with Gasteiger partial charge in [-0.25, -0.2) is 8.78 Å². The standard InChI is InChI=1S/C30H44F2N6O/c1-19-28(24-16-36(20(2)39)13-9-26(24)38(19)22-7-10-35-11-8-22)37-12-5-6-21-14-25(30(3,17-33)18-34-4)23(29(31)32)15-27(21)37/h14-15,17,19,22,28-29,33-35H,5-13,16,18H2,1-4H3/p+1. The van der Waals surface area contributed by atoms with E-state index in [2.05, 4.69) is 27.4 Å². The van der Waals surface area contributed by atoms with Gasteiger partial charge in [-0.3, -0.25) is 10.2 Å². The van der Waals surface area contributed by atoms with E-state index >= 15 is 0 Å². The van der Waals surface area contributed by atoms with Gasteiger partial charge in [0, 0.05) is 62.5 Å². The van der Waals surface area contributed by atoms with Crippen LogP contribution in [0.4, 0.5) is 14.5 Å². The highest BCUT2D eigenvalue weighted by molar-refractivity contribution is 5.75. The smallest absolute Gasteiger partial charge is 0.264 e. The molecule has 39 heavy (non-hydrogen) atoms. The first-order valence-electron chi connectivity index (χ1n) is 14.6. The molecule has 0 bridgehead atoms. The molecule has 3 atom stereocenters.